The van der Waals surface area contributed by atoms with Gasteiger partial charge in [-0.15, -0.1) is 0 Å². The van der Waals surface area contributed by atoms with Crippen LogP contribution in [0.5, 0.6) is 23.0 Å². The van der Waals surface area contributed by atoms with Crippen molar-refractivity contribution in [1.29, 1.82) is 0 Å². The zero-order valence-electron chi connectivity index (χ0n) is 68.8. The summed E-state index contributed by atoms with van der Waals surface area (Å²) < 4.78 is 83.9. The Labute approximate surface area is 698 Å². The van der Waals surface area contributed by atoms with E-state index in [0.29, 0.717) is 74.4 Å². The number of hydrogen-bond acceptors (Lipinski definition) is 24. The fourth-order valence-corrected chi connectivity index (χ4v) is 14.6. The van der Waals surface area contributed by atoms with E-state index in [4.69, 9.17) is 66.3 Å². The summed E-state index contributed by atoms with van der Waals surface area (Å²) in [6, 6.07) is 52.2. The number of fused-ring (bicyclic) bond motifs is 4. The quantitative estimate of drug-likeness (QED) is 0.0203. The molecular formula is C94H110O26. The van der Waals surface area contributed by atoms with Crippen LogP contribution >= 0.6 is 0 Å². The number of carbonyl (C=O) groups excluding carboxylic acids is 8. The zero-order valence-corrected chi connectivity index (χ0v) is 68.8. The number of rotatable bonds is 49. The summed E-state index contributed by atoms with van der Waals surface area (Å²) in [4.78, 5) is 134. The number of carbonyl (C=O) groups is 10. The molecule has 642 valence electrons. The SMILES string of the molecule is CCC(COCC(CC)(COC(=O)COc1ccc2ccccc2c1)COC(=O)C1CCCCC1C(=O)O)(COC(=O)CCCCC(=O)OCC(CC)(COCC(CC)(COC(=O)COc1ccc2ccccc2c1)COC(=O)C1CCCCC1C(=O)O)COC(=O)COc1ccc2ccccc2c1)COC(=O)COc1ccc2ccccc2c1. The van der Waals surface area contributed by atoms with Crippen molar-refractivity contribution in [2.24, 2.45) is 45.3 Å². The predicted octanol–water partition coefficient (Wildman–Crippen LogP) is 15.2. The first-order chi connectivity index (χ1) is 58.0. The van der Waals surface area contributed by atoms with Crippen molar-refractivity contribution in [3.63, 3.8) is 0 Å². The van der Waals surface area contributed by atoms with Gasteiger partial charge in [-0.3, -0.25) is 28.8 Å². The standard InChI is InChI=1S/C94H110O26/c1-5-91(59-115-83(97)49-109-73-41-37-65-23-9-13-27-69(65)45-73,53-107-55-93(7-3,63-119-89(105)79-33-19-17-31-77(79)87(101)102)61-117-85(99)51-111-75-43-39-67-25-11-15-29-71(67)47-75)57-113-81(95)35-21-22-36-82(96)114-58-92(6-2,60-116-84(98)50-110-74-42-38-66-24-10-14-28-70(66)46-74)54-108-56-94(8-4,64-120-90(106)80-34-20-18-32-78(80)88(103)104)62-118-86(100)52-112-76-44-40-68-26-12-16-30-72(68)48-76/h9-16,23-30,37-48,77-80H,5-8,17-22,31-36,49-64H2,1-4H3,(H,101,102)(H,103,104). The monoisotopic (exact) mass is 1650 g/mol. The molecule has 0 radical (unpaired) electrons. The van der Waals surface area contributed by atoms with E-state index in [9.17, 15) is 58.2 Å². The lowest BCUT2D eigenvalue weighted by molar-refractivity contribution is -0.171. The molecule has 8 unspecified atom stereocenters. The fourth-order valence-electron chi connectivity index (χ4n) is 14.6. The van der Waals surface area contributed by atoms with Gasteiger partial charge in [0.1, 0.15) is 75.9 Å². The van der Waals surface area contributed by atoms with E-state index in [1.54, 1.807) is 76.2 Å². The maximum atomic E-state index is 13.9. The van der Waals surface area contributed by atoms with Crippen LogP contribution in [-0.2, 0) is 95.3 Å². The van der Waals surface area contributed by atoms with Gasteiger partial charge in [-0.1, -0.05) is 175 Å². The Kier molecular flexibility index (Phi) is 34.2. The van der Waals surface area contributed by atoms with Crippen LogP contribution in [0.1, 0.15) is 130 Å². The second-order valence-electron chi connectivity index (χ2n) is 31.6. The molecule has 0 bridgehead atoms. The van der Waals surface area contributed by atoms with E-state index in [2.05, 4.69) is 0 Å². The summed E-state index contributed by atoms with van der Waals surface area (Å²) in [5.74, 6) is -9.81. The van der Waals surface area contributed by atoms with Gasteiger partial charge >= 0.3 is 59.7 Å². The maximum Gasteiger partial charge on any atom is 0.344 e. The summed E-state index contributed by atoms with van der Waals surface area (Å²) >= 11 is 0. The van der Waals surface area contributed by atoms with Gasteiger partial charge in [-0.05, 0) is 156 Å². The lowest BCUT2D eigenvalue weighted by atomic mass is 9.79. The first-order valence-electron chi connectivity index (χ1n) is 41.4. The van der Waals surface area contributed by atoms with E-state index in [1.165, 1.54) is 0 Å². The Morgan fingerprint density at radius 1 is 0.283 bits per heavy atom. The van der Waals surface area contributed by atoms with Gasteiger partial charge in [0, 0.05) is 12.8 Å². The average molecular weight is 1660 g/mol. The summed E-state index contributed by atoms with van der Waals surface area (Å²) in [6.45, 7) is 1.81. The van der Waals surface area contributed by atoms with Crippen molar-refractivity contribution < 1.29 is 124 Å². The third-order valence-corrected chi connectivity index (χ3v) is 23.0. The number of aliphatic carboxylic acids is 2. The number of carboxylic acids is 2. The smallest absolute Gasteiger partial charge is 0.344 e. The normalized spacial score (nSPS) is 17.3. The second kappa shape index (κ2) is 45.1. The molecule has 26 nitrogen and oxygen atoms in total. The minimum absolute atomic E-state index is 0.154. The average Bonchev–Trinajstić information content (AvgIpc) is 0.820. The van der Waals surface area contributed by atoms with Crippen LogP contribution in [0.25, 0.3) is 43.1 Å². The van der Waals surface area contributed by atoms with E-state index in [-0.39, 0.29) is 131 Å². The summed E-state index contributed by atoms with van der Waals surface area (Å²) in [5, 5.41) is 27.6. The maximum absolute atomic E-state index is 13.9. The number of benzene rings is 8. The van der Waals surface area contributed by atoms with Crippen molar-refractivity contribution in [2.45, 2.75) is 130 Å². The molecule has 120 heavy (non-hydrogen) atoms. The second-order valence-corrected chi connectivity index (χ2v) is 31.6. The molecule has 0 saturated heterocycles. The first kappa shape index (κ1) is 90.9. The highest BCUT2D eigenvalue weighted by Gasteiger charge is 2.44. The minimum atomic E-state index is -1.22. The van der Waals surface area contributed by atoms with Gasteiger partial charge in [0.05, 0.1) is 71.8 Å². The molecule has 8 aromatic carbocycles. The van der Waals surface area contributed by atoms with E-state index < -0.39 is 131 Å². The van der Waals surface area contributed by atoms with Crippen molar-refractivity contribution >= 4 is 103 Å². The fraction of sp³-hybridized carbons (Fsp3) is 0.468. The number of esters is 8. The number of carboxylic acid groups (broad SMARTS) is 2. The molecule has 0 spiro atoms. The van der Waals surface area contributed by atoms with Crippen molar-refractivity contribution in [3.05, 3.63) is 170 Å². The van der Waals surface area contributed by atoms with E-state index in [0.717, 1.165) is 43.1 Å². The van der Waals surface area contributed by atoms with Gasteiger partial charge in [0.25, 0.3) is 0 Å². The Morgan fingerprint density at radius 2 is 0.508 bits per heavy atom. The van der Waals surface area contributed by atoms with Crippen molar-refractivity contribution in [1.82, 2.24) is 0 Å². The number of hydrogen-bond donors (Lipinski definition) is 2. The third kappa shape index (κ3) is 27.1. The lowest BCUT2D eigenvalue weighted by Gasteiger charge is -2.36. The Morgan fingerprint density at radius 3 is 0.750 bits per heavy atom. The minimum Gasteiger partial charge on any atom is -0.482 e. The highest BCUT2D eigenvalue weighted by Crippen LogP contribution is 2.37. The molecule has 8 aromatic rings. The Balaban J connectivity index is 0.789. The summed E-state index contributed by atoms with van der Waals surface area (Å²) in [7, 11) is 0. The Hall–Kier alpha value is -11.4. The van der Waals surface area contributed by atoms with Crippen LogP contribution in [-0.4, -0.2) is 176 Å². The van der Waals surface area contributed by atoms with Gasteiger partial charge in [-0.25, -0.2) is 19.2 Å². The molecule has 2 saturated carbocycles. The molecule has 10 rings (SSSR count). The number of ether oxygens (including phenoxy) is 14. The molecule has 0 amide bonds. The highest BCUT2D eigenvalue weighted by molar-refractivity contribution is 5.88. The van der Waals surface area contributed by atoms with Gasteiger partial charge in [-0.2, -0.15) is 0 Å². The zero-order chi connectivity index (χ0) is 85.3. The topological polar surface area (TPSA) is 340 Å². The van der Waals surface area contributed by atoms with Crippen LogP contribution in [0.2, 0.25) is 0 Å². The number of unbranched alkanes of at least 4 members (excludes halogenated alkanes) is 1. The molecule has 26 heteroatoms. The molecule has 2 N–H and O–H groups in total. The van der Waals surface area contributed by atoms with E-state index >= 15 is 0 Å². The lowest BCUT2D eigenvalue weighted by Crippen LogP contribution is -2.43. The van der Waals surface area contributed by atoms with Crippen LogP contribution in [0.3, 0.4) is 0 Å². The molecular weight excluding hydrogens is 1550 g/mol. The molecule has 2 fully saturated rings. The van der Waals surface area contributed by atoms with Crippen LogP contribution in [0.4, 0.5) is 0 Å². The molecule has 8 atom stereocenters. The predicted molar refractivity (Wildman–Crippen MR) is 443 cm³/mol. The van der Waals surface area contributed by atoms with Gasteiger partial charge in [0.2, 0.25) is 0 Å². The largest absolute Gasteiger partial charge is 0.482 e. The summed E-state index contributed by atoms with van der Waals surface area (Å²) in [6.07, 6.45) is 4.67. The first-order valence-corrected chi connectivity index (χ1v) is 41.4. The van der Waals surface area contributed by atoms with Gasteiger partial charge < -0.3 is 76.5 Å². The van der Waals surface area contributed by atoms with E-state index in [1.807, 2.05) is 121 Å². The molecule has 0 aromatic heterocycles. The third-order valence-electron chi connectivity index (χ3n) is 23.0. The van der Waals surface area contributed by atoms with Gasteiger partial charge in [0.15, 0.2) is 26.4 Å². The van der Waals surface area contributed by atoms with Crippen LogP contribution in [0, 0.1) is 45.3 Å². The summed E-state index contributed by atoms with van der Waals surface area (Å²) in [5.41, 5.74) is -4.89. The van der Waals surface area contributed by atoms with Crippen molar-refractivity contribution in [2.75, 3.05) is 106 Å². The van der Waals surface area contributed by atoms with Crippen LogP contribution < -0.4 is 18.9 Å². The van der Waals surface area contributed by atoms with Crippen molar-refractivity contribution in [3.8, 4) is 23.0 Å². The highest BCUT2D eigenvalue weighted by atomic mass is 16.6. The molecule has 2 aliphatic carbocycles. The molecule has 2 aliphatic rings. The van der Waals surface area contributed by atoms with Crippen LogP contribution in [0.15, 0.2) is 170 Å². The Bertz CT molecular complexity index is 4490. The molecule has 0 aliphatic heterocycles. The molecule has 0 heterocycles.